The second-order valence-electron chi connectivity index (χ2n) is 5.06. The number of rotatable bonds is 2. The van der Waals surface area contributed by atoms with Gasteiger partial charge in [-0.15, -0.1) is 0 Å². The molecule has 5 heteroatoms. The molecular weight excluding hydrogens is 319 g/mol. The molecule has 1 fully saturated rings. The van der Waals surface area contributed by atoms with Gasteiger partial charge in [0.25, 0.3) is 0 Å². The molecule has 0 saturated carbocycles. The van der Waals surface area contributed by atoms with Gasteiger partial charge in [-0.25, -0.2) is 0 Å². The largest absolute Gasteiger partial charge is 0.391 e. The van der Waals surface area contributed by atoms with E-state index in [1.165, 1.54) is 5.56 Å². The van der Waals surface area contributed by atoms with Crippen molar-refractivity contribution >= 4 is 21.6 Å². The summed E-state index contributed by atoms with van der Waals surface area (Å²) in [5.74, 6) is -1.13. The van der Waals surface area contributed by atoms with Crippen molar-refractivity contribution < 1.29 is 13.2 Å². The summed E-state index contributed by atoms with van der Waals surface area (Å²) in [7, 11) is 0. The zero-order chi connectivity index (χ0) is 14.0. The Hall–Kier alpha value is -0.710. The molecule has 0 aliphatic carbocycles. The van der Waals surface area contributed by atoms with Gasteiger partial charge < -0.3 is 4.90 Å². The number of hydrogen-bond donors (Lipinski definition) is 0. The van der Waals surface area contributed by atoms with Crippen molar-refractivity contribution in [3.05, 3.63) is 29.3 Å². The van der Waals surface area contributed by atoms with E-state index in [2.05, 4.69) is 26.9 Å². The minimum absolute atomic E-state index is 0.198. The molecule has 1 aromatic carbocycles. The average Bonchev–Trinajstić information content (AvgIpc) is 2.37. The quantitative estimate of drug-likeness (QED) is 0.710. The van der Waals surface area contributed by atoms with E-state index in [4.69, 9.17) is 0 Å². The van der Waals surface area contributed by atoms with Crippen molar-refractivity contribution in [1.29, 1.82) is 0 Å². The highest BCUT2D eigenvalue weighted by atomic mass is 79.9. The molecule has 1 nitrogen and oxygen atoms in total. The van der Waals surface area contributed by atoms with Crippen molar-refractivity contribution in [2.45, 2.75) is 31.3 Å². The van der Waals surface area contributed by atoms with Crippen LogP contribution in [0.5, 0.6) is 0 Å². The van der Waals surface area contributed by atoms with Crippen LogP contribution in [-0.4, -0.2) is 19.3 Å². The van der Waals surface area contributed by atoms with Gasteiger partial charge in [-0.2, -0.15) is 13.2 Å². The van der Waals surface area contributed by atoms with Crippen LogP contribution in [0.1, 0.15) is 24.0 Å². The van der Waals surface area contributed by atoms with Gasteiger partial charge in [0, 0.05) is 24.1 Å². The molecule has 19 heavy (non-hydrogen) atoms. The van der Waals surface area contributed by atoms with Gasteiger partial charge in [0.1, 0.15) is 0 Å². The SMILES string of the molecule is Cc1cc(CBr)ccc1N1CCC(C(F)(F)F)CC1. The number of hydrogen-bond acceptors (Lipinski definition) is 1. The molecule has 1 aromatic rings. The smallest absolute Gasteiger partial charge is 0.371 e. The van der Waals surface area contributed by atoms with Crippen LogP contribution in [0, 0.1) is 12.8 Å². The Balaban J connectivity index is 2.06. The maximum absolute atomic E-state index is 12.6. The highest BCUT2D eigenvalue weighted by molar-refractivity contribution is 9.08. The van der Waals surface area contributed by atoms with E-state index >= 15 is 0 Å². The van der Waals surface area contributed by atoms with Crippen molar-refractivity contribution in [2.24, 2.45) is 5.92 Å². The van der Waals surface area contributed by atoms with Gasteiger partial charge in [0.2, 0.25) is 0 Å². The van der Waals surface area contributed by atoms with Crippen LogP contribution in [0.2, 0.25) is 0 Å². The maximum Gasteiger partial charge on any atom is 0.391 e. The first-order chi connectivity index (χ1) is 8.91. The van der Waals surface area contributed by atoms with Crippen molar-refractivity contribution in [1.82, 2.24) is 0 Å². The highest BCUT2D eigenvalue weighted by Crippen LogP contribution is 2.36. The van der Waals surface area contributed by atoms with Crippen molar-refractivity contribution in [3.63, 3.8) is 0 Å². The number of benzene rings is 1. The highest BCUT2D eigenvalue weighted by Gasteiger charge is 2.41. The van der Waals surface area contributed by atoms with E-state index < -0.39 is 12.1 Å². The molecule has 1 heterocycles. The lowest BCUT2D eigenvalue weighted by molar-refractivity contribution is -0.179. The van der Waals surface area contributed by atoms with Crippen molar-refractivity contribution in [2.75, 3.05) is 18.0 Å². The molecule has 1 aliphatic heterocycles. The fourth-order valence-electron chi connectivity index (χ4n) is 2.60. The number of alkyl halides is 4. The molecule has 0 unspecified atom stereocenters. The molecule has 0 aromatic heterocycles. The summed E-state index contributed by atoms with van der Waals surface area (Å²) >= 11 is 3.40. The summed E-state index contributed by atoms with van der Waals surface area (Å²) in [5.41, 5.74) is 3.37. The first kappa shape index (κ1) is 14.7. The Morgan fingerprint density at radius 3 is 2.37 bits per heavy atom. The Morgan fingerprint density at radius 2 is 1.89 bits per heavy atom. The fraction of sp³-hybridized carbons (Fsp3) is 0.571. The maximum atomic E-state index is 12.6. The lowest BCUT2D eigenvalue weighted by Crippen LogP contribution is -2.39. The van der Waals surface area contributed by atoms with Crippen LogP contribution >= 0.6 is 15.9 Å². The Labute approximate surface area is 119 Å². The molecule has 1 saturated heterocycles. The Kier molecular flexibility index (Phi) is 4.43. The third-order valence-corrected chi connectivity index (χ3v) is 4.36. The van der Waals surface area contributed by atoms with E-state index in [9.17, 15) is 13.2 Å². The summed E-state index contributed by atoms with van der Waals surface area (Å²) in [5, 5.41) is 0.796. The molecule has 0 N–H and O–H groups in total. The van der Waals surface area contributed by atoms with Crippen molar-refractivity contribution in [3.8, 4) is 0 Å². The average molecular weight is 336 g/mol. The predicted molar refractivity (Wildman–Crippen MR) is 74.8 cm³/mol. The second kappa shape index (κ2) is 5.73. The van der Waals surface area contributed by atoms with E-state index in [0.29, 0.717) is 13.1 Å². The lowest BCUT2D eigenvalue weighted by Gasteiger charge is -2.35. The molecule has 0 atom stereocenters. The molecule has 106 valence electrons. The molecule has 0 spiro atoms. The third kappa shape index (κ3) is 3.44. The second-order valence-corrected chi connectivity index (χ2v) is 5.62. The van der Waals surface area contributed by atoms with E-state index in [1.54, 1.807) is 0 Å². The van der Waals surface area contributed by atoms with E-state index in [1.807, 2.05) is 19.1 Å². The summed E-state index contributed by atoms with van der Waals surface area (Å²) < 4.78 is 37.9. The fourth-order valence-corrected chi connectivity index (χ4v) is 2.95. The van der Waals surface area contributed by atoms with Crippen LogP contribution < -0.4 is 4.90 Å². The molecular formula is C14H17BrF3N. The van der Waals surface area contributed by atoms with E-state index in [-0.39, 0.29) is 12.8 Å². The minimum atomic E-state index is -4.04. The Bertz CT molecular complexity index is 437. The zero-order valence-corrected chi connectivity index (χ0v) is 12.4. The Morgan fingerprint density at radius 1 is 1.26 bits per heavy atom. The third-order valence-electron chi connectivity index (χ3n) is 3.71. The number of aryl methyl sites for hydroxylation is 1. The number of nitrogens with zero attached hydrogens (tertiary/aromatic N) is 1. The summed E-state index contributed by atoms with van der Waals surface area (Å²) in [6, 6.07) is 6.12. The first-order valence-electron chi connectivity index (χ1n) is 6.39. The predicted octanol–water partition coefficient (Wildman–Crippen LogP) is 4.67. The summed E-state index contributed by atoms with van der Waals surface area (Å²) in [6.45, 7) is 2.98. The molecule has 1 aliphatic rings. The molecule has 0 bridgehead atoms. The molecule has 2 rings (SSSR count). The zero-order valence-electron chi connectivity index (χ0n) is 10.8. The minimum Gasteiger partial charge on any atom is -0.371 e. The van der Waals surface area contributed by atoms with Gasteiger partial charge in [0.15, 0.2) is 0 Å². The van der Waals surface area contributed by atoms with Crippen LogP contribution in [0.4, 0.5) is 18.9 Å². The van der Waals surface area contributed by atoms with Crippen LogP contribution in [0.3, 0.4) is 0 Å². The first-order valence-corrected chi connectivity index (χ1v) is 7.51. The monoisotopic (exact) mass is 335 g/mol. The number of halogens is 4. The van der Waals surface area contributed by atoms with Gasteiger partial charge in [-0.3, -0.25) is 0 Å². The van der Waals surface area contributed by atoms with Crippen LogP contribution in [-0.2, 0) is 5.33 Å². The van der Waals surface area contributed by atoms with Gasteiger partial charge in [-0.05, 0) is 37.0 Å². The molecule has 0 amide bonds. The standard InChI is InChI=1S/C14H17BrF3N/c1-10-8-11(9-15)2-3-13(10)19-6-4-12(5-7-19)14(16,17)18/h2-3,8,12H,4-7,9H2,1H3. The number of piperidine rings is 1. The van der Waals surface area contributed by atoms with E-state index in [0.717, 1.165) is 16.6 Å². The van der Waals surface area contributed by atoms with Crippen LogP contribution in [0.25, 0.3) is 0 Å². The number of anilines is 1. The lowest BCUT2D eigenvalue weighted by atomic mass is 9.95. The van der Waals surface area contributed by atoms with Crippen LogP contribution in [0.15, 0.2) is 18.2 Å². The topological polar surface area (TPSA) is 3.24 Å². The molecule has 0 radical (unpaired) electrons. The van der Waals surface area contributed by atoms with Gasteiger partial charge >= 0.3 is 6.18 Å². The van der Waals surface area contributed by atoms with Gasteiger partial charge in [0.05, 0.1) is 5.92 Å². The summed E-state index contributed by atoms with van der Waals surface area (Å²) in [6.07, 6.45) is -3.65. The summed E-state index contributed by atoms with van der Waals surface area (Å²) in [4.78, 5) is 2.07. The van der Waals surface area contributed by atoms with Gasteiger partial charge in [-0.1, -0.05) is 28.1 Å². The normalized spacial score (nSPS) is 17.8.